The molecule has 1 unspecified atom stereocenters. The van der Waals surface area contributed by atoms with Crippen molar-refractivity contribution in [2.45, 2.75) is 25.4 Å². The van der Waals surface area contributed by atoms with E-state index in [2.05, 4.69) is 54.4 Å². The molecule has 1 atom stereocenters. The van der Waals surface area contributed by atoms with Crippen LogP contribution in [0.3, 0.4) is 0 Å². The number of nitrogens with zero attached hydrogens (tertiary/aromatic N) is 1. The topological polar surface area (TPSA) is 12.5 Å². The van der Waals surface area contributed by atoms with E-state index in [4.69, 9.17) is 4.74 Å². The fraction of sp³-hybridized carbons (Fsp3) is 0.333. The highest BCUT2D eigenvalue weighted by atomic mass is 16.5. The third-order valence-corrected chi connectivity index (χ3v) is 4.20. The van der Waals surface area contributed by atoms with Crippen molar-refractivity contribution in [3.05, 3.63) is 65.2 Å². The van der Waals surface area contributed by atoms with Crippen LogP contribution >= 0.6 is 0 Å². The molecule has 2 aromatic carbocycles. The maximum atomic E-state index is 5.30. The highest BCUT2D eigenvalue weighted by molar-refractivity contribution is 5.35. The quantitative estimate of drug-likeness (QED) is 0.835. The fourth-order valence-electron chi connectivity index (χ4n) is 3.16. The Balaban J connectivity index is 1.75. The Morgan fingerprint density at radius 3 is 2.85 bits per heavy atom. The van der Waals surface area contributed by atoms with Gasteiger partial charge in [0, 0.05) is 12.6 Å². The third kappa shape index (κ3) is 2.56. The minimum Gasteiger partial charge on any atom is -0.497 e. The first kappa shape index (κ1) is 13.2. The number of hydrogen-bond acceptors (Lipinski definition) is 2. The summed E-state index contributed by atoms with van der Waals surface area (Å²) in [6.07, 6.45) is 2.42. The zero-order valence-corrected chi connectivity index (χ0v) is 12.2. The number of benzene rings is 2. The van der Waals surface area contributed by atoms with E-state index in [0.717, 1.165) is 12.3 Å². The van der Waals surface area contributed by atoms with E-state index in [1.54, 1.807) is 7.11 Å². The maximum Gasteiger partial charge on any atom is 0.119 e. The summed E-state index contributed by atoms with van der Waals surface area (Å²) in [7, 11) is 3.93. The van der Waals surface area contributed by atoms with E-state index in [9.17, 15) is 0 Å². The molecule has 1 aliphatic rings. The number of methoxy groups -OCH3 is 1. The summed E-state index contributed by atoms with van der Waals surface area (Å²) >= 11 is 0. The lowest BCUT2D eigenvalue weighted by atomic mass is 10.1. The highest BCUT2D eigenvalue weighted by Gasteiger charge is 2.25. The average molecular weight is 267 g/mol. The molecule has 0 aromatic heterocycles. The first-order valence-electron chi connectivity index (χ1n) is 7.19. The zero-order valence-electron chi connectivity index (χ0n) is 12.2. The summed E-state index contributed by atoms with van der Waals surface area (Å²) in [5, 5.41) is 0. The third-order valence-electron chi connectivity index (χ3n) is 4.20. The smallest absolute Gasteiger partial charge is 0.119 e. The molecule has 0 bridgehead atoms. The average Bonchev–Trinajstić information content (AvgIpc) is 2.91. The molecule has 1 aliphatic carbocycles. The van der Waals surface area contributed by atoms with Gasteiger partial charge in [0.05, 0.1) is 7.11 Å². The molecule has 0 amide bonds. The van der Waals surface area contributed by atoms with Crippen LogP contribution in [-0.2, 0) is 13.0 Å². The SMILES string of the molecule is COc1cccc(CN(C)C2CCc3ccccc32)c1. The van der Waals surface area contributed by atoms with Crippen molar-refractivity contribution in [3.8, 4) is 5.75 Å². The largest absolute Gasteiger partial charge is 0.497 e. The minimum absolute atomic E-state index is 0.539. The van der Waals surface area contributed by atoms with Crippen molar-refractivity contribution < 1.29 is 4.74 Å². The van der Waals surface area contributed by atoms with Crippen LogP contribution in [0.5, 0.6) is 5.75 Å². The molecule has 0 spiro atoms. The Bertz CT molecular complexity index is 593. The van der Waals surface area contributed by atoms with Gasteiger partial charge in [-0.1, -0.05) is 36.4 Å². The monoisotopic (exact) mass is 267 g/mol. The fourth-order valence-corrected chi connectivity index (χ4v) is 3.16. The summed E-state index contributed by atoms with van der Waals surface area (Å²) < 4.78 is 5.30. The van der Waals surface area contributed by atoms with Crippen LogP contribution in [0.1, 0.15) is 29.2 Å². The molecule has 0 N–H and O–H groups in total. The van der Waals surface area contributed by atoms with Crippen molar-refractivity contribution >= 4 is 0 Å². The lowest BCUT2D eigenvalue weighted by Crippen LogP contribution is -2.22. The normalized spacial score (nSPS) is 17.2. The van der Waals surface area contributed by atoms with Gasteiger partial charge in [-0.25, -0.2) is 0 Å². The zero-order chi connectivity index (χ0) is 13.9. The van der Waals surface area contributed by atoms with Gasteiger partial charge in [0.1, 0.15) is 5.75 Å². The van der Waals surface area contributed by atoms with Crippen LogP contribution in [0, 0.1) is 0 Å². The molecule has 3 rings (SSSR count). The van der Waals surface area contributed by atoms with E-state index >= 15 is 0 Å². The van der Waals surface area contributed by atoms with Crippen molar-refractivity contribution in [1.82, 2.24) is 4.90 Å². The maximum absolute atomic E-state index is 5.30. The van der Waals surface area contributed by atoms with Gasteiger partial charge >= 0.3 is 0 Å². The van der Waals surface area contributed by atoms with Crippen LogP contribution in [0.4, 0.5) is 0 Å². The van der Waals surface area contributed by atoms with Gasteiger partial charge in [0.15, 0.2) is 0 Å². The Kier molecular flexibility index (Phi) is 3.75. The lowest BCUT2D eigenvalue weighted by Gasteiger charge is -2.25. The summed E-state index contributed by atoms with van der Waals surface area (Å²) in [6, 6.07) is 17.7. The van der Waals surface area contributed by atoms with Crippen molar-refractivity contribution in [2.24, 2.45) is 0 Å². The molecule has 0 aliphatic heterocycles. The predicted octanol–water partition coefficient (Wildman–Crippen LogP) is 3.81. The number of hydrogen-bond donors (Lipinski definition) is 0. The van der Waals surface area contributed by atoms with E-state index in [1.807, 2.05) is 6.07 Å². The van der Waals surface area contributed by atoms with Crippen molar-refractivity contribution in [2.75, 3.05) is 14.2 Å². The standard InChI is InChI=1S/C18H21NO/c1-19(13-14-6-5-8-16(12-14)20-2)18-11-10-15-7-3-4-9-17(15)18/h3-9,12,18H,10-11,13H2,1-2H3. The number of rotatable bonds is 4. The van der Waals surface area contributed by atoms with Crippen LogP contribution in [0.2, 0.25) is 0 Å². The number of aryl methyl sites for hydroxylation is 1. The Hall–Kier alpha value is -1.80. The molecule has 0 saturated heterocycles. The summed E-state index contributed by atoms with van der Waals surface area (Å²) in [4.78, 5) is 2.45. The molecule has 2 aromatic rings. The van der Waals surface area contributed by atoms with Gasteiger partial charge in [-0.15, -0.1) is 0 Å². The van der Waals surface area contributed by atoms with Gasteiger partial charge < -0.3 is 4.74 Å². The molecule has 2 nitrogen and oxygen atoms in total. The first-order chi connectivity index (χ1) is 9.78. The van der Waals surface area contributed by atoms with Gasteiger partial charge in [0.2, 0.25) is 0 Å². The van der Waals surface area contributed by atoms with Crippen molar-refractivity contribution in [1.29, 1.82) is 0 Å². The summed E-state index contributed by atoms with van der Waals surface area (Å²) in [5.74, 6) is 0.933. The van der Waals surface area contributed by atoms with E-state index in [-0.39, 0.29) is 0 Å². The molecule has 0 fully saturated rings. The van der Waals surface area contributed by atoms with E-state index < -0.39 is 0 Å². The van der Waals surface area contributed by atoms with Crippen LogP contribution in [-0.4, -0.2) is 19.1 Å². The Labute approximate surface area is 121 Å². The molecule has 0 radical (unpaired) electrons. The van der Waals surface area contributed by atoms with Crippen LogP contribution < -0.4 is 4.74 Å². The van der Waals surface area contributed by atoms with Crippen LogP contribution in [0.15, 0.2) is 48.5 Å². The number of ether oxygens (including phenoxy) is 1. The second kappa shape index (κ2) is 5.68. The highest BCUT2D eigenvalue weighted by Crippen LogP contribution is 2.35. The Morgan fingerprint density at radius 1 is 1.15 bits per heavy atom. The summed E-state index contributed by atoms with van der Waals surface area (Å²) in [6.45, 7) is 0.955. The Morgan fingerprint density at radius 2 is 2.00 bits per heavy atom. The van der Waals surface area contributed by atoms with Gasteiger partial charge in [-0.3, -0.25) is 4.90 Å². The summed E-state index contributed by atoms with van der Waals surface area (Å²) in [5.41, 5.74) is 4.31. The first-order valence-corrected chi connectivity index (χ1v) is 7.19. The molecule has 104 valence electrons. The second-order valence-corrected chi connectivity index (χ2v) is 5.52. The minimum atomic E-state index is 0.539. The van der Waals surface area contributed by atoms with Gasteiger partial charge in [0.25, 0.3) is 0 Å². The molecular formula is C18H21NO. The number of fused-ring (bicyclic) bond motifs is 1. The van der Waals surface area contributed by atoms with E-state index in [1.165, 1.54) is 29.5 Å². The molecule has 0 heterocycles. The predicted molar refractivity (Wildman–Crippen MR) is 82.0 cm³/mol. The lowest BCUT2D eigenvalue weighted by molar-refractivity contribution is 0.235. The molecular weight excluding hydrogens is 246 g/mol. The second-order valence-electron chi connectivity index (χ2n) is 5.52. The van der Waals surface area contributed by atoms with Crippen molar-refractivity contribution in [3.63, 3.8) is 0 Å². The molecule has 0 saturated carbocycles. The molecule has 2 heteroatoms. The molecule has 20 heavy (non-hydrogen) atoms. The van der Waals surface area contributed by atoms with Gasteiger partial charge in [-0.05, 0) is 48.7 Å². The van der Waals surface area contributed by atoms with Crippen LogP contribution in [0.25, 0.3) is 0 Å². The van der Waals surface area contributed by atoms with Gasteiger partial charge in [-0.2, -0.15) is 0 Å². The van der Waals surface area contributed by atoms with E-state index in [0.29, 0.717) is 6.04 Å².